The number of carbonyl (C=O) groups excluding carboxylic acids is 1. The van der Waals surface area contributed by atoms with Crippen molar-refractivity contribution in [2.24, 2.45) is 0 Å². The van der Waals surface area contributed by atoms with E-state index in [1.54, 1.807) is 19.2 Å². The second-order valence-electron chi connectivity index (χ2n) is 5.76. The number of benzene rings is 2. The van der Waals surface area contributed by atoms with Crippen molar-refractivity contribution < 1.29 is 9.21 Å². The van der Waals surface area contributed by atoms with Crippen molar-refractivity contribution in [1.29, 1.82) is 0 Å². The normalized spacial score (nSPS) is 10.5. The summed E-state index contributed by atoms with van der Waals surface area (Å²) in [6.45, 7) is 3.97. The molecule has 0 aliphatic carbocycles. The number of hydrogen-bond acceptors (Lipinski definition) is 4. The van der Waals surface area contributed by atoms with E-state index in [9.17, 15) is 9.59 Å². The summed E-state index contributed by atoms with van der Waals surface area (Å²) in [5, 5.41) is 8.99. The fourth-order valence-electron chi connectivity index (χ4n) is 2.62. The van der Waals surface area contributed by atoms with Gasteiger partial charge >= 0.3 is 11.7 Å². The van der Waals surface area contributed by atoms with Crippen molar-refractivity contribution in [3.8, 4) is 0 Å². The summed E-state index contributed by atoms with van der Waals surface area (Å²) in [5.74, 6) is 0. The Hall–Kier alpha value is -3.28. The minimum Gasteiger partial charge on any atom is -0.421 e. The lowest BCUT2D eigenvalue weighted by Gasteiger charge is -2.13. The van der Waals surface area contributed by atoms with Gasteiger partial charge in [-0.3, -0.25) is 5.32 Å². The lowest BCUT2D eigenvalue weighted by molar-refractivity contribution is 0.262. The molecule has 25 heavy (non-hydrogen) atoms. The molecule has 0 radical (unpaired) electrons. The van der Waals surface area contributed by atoms with Crippen LogP contribution in [0.25, 0.3) is 11.0 Å². The zero-order valence-electron chi connectivity index (χ0n) is 14.3. The van der Waals surface area contributed by atoms with Crippen molar-refractivity contribution in [1.82, 2.24) is 0 Å². The van der Waals surface area contributed by atoms with Crippen LogP contribution in [0.5, 0.6) is 0 Å². The molecule has 6 heteroatoms. The zero-order chi connectivity index (χ0) is 18.0. The summed E-state index contributed by atoms with van der Waals surface area (Å²) in [6.07, 6.45) is 0. The molecule has 128 valence electrons. The molecule has 3 N–H and O–H groups in total. The van der Waals surface area contributed by atoms with Gasteiger partial charge in [-0.15, -0.1) is 0 Å². The van der Waals surface area contributed by atoms with Gasteiger partial charge < -0.3 is 15.1 Å². The first-order valence-electron chi connectivity index (χ1n) is 7.88. The first-order valence-corrected chi connectivity index (χ1v) is 7.88. The summed E-state index contributed by atoms with van der Waals surface area (Å²) >= 11 is 0. The molecule has 6 nitrogen and oxygen atoms in total. The van der Waals surface area contributed by atoms with E-state index in [4.69, 9.17) is 4.42 Å². The largest absolute Gasteiger partial charge is 0.421 e. The smallest absolute Gasteiger partial charge is 0.362 e. The molecule has 1 heterocycles. The van der Waals surface area contributed by atoms with Crippen LogP contribution in [0.15, 0.2) is 51.7 Å². The number of amides is 2. The monoisotopic (exact) mass is 337 g/mol. The van der Waals surface area contributed by atoms with Crippen LogP contribution in [0.4, 0.5) is 21.9 Å². The first-order chi connectivity index (χ1) is 12.0. The van der Waals surface area contributed by atoms with E-state index in [-0.39, 0.29) is 5.69 Å². The van der Waals surface area contributed by atoms with Crippen molar-refractivity contribution in [2.75, 3.05) is 23.0 Å². The summed E-state index contributed by atoms with van der Waals surface area (Å²) < 4.78 is 5.28. The average Bonchev–Trinajstić information content (AvgIpc) is 2.59. The maximum atomic E-state index is 12.3. The number of aryl methyl sites for hydroxylation is 2. The van der Waals surface area contributed by atoms with E-state index in [0.29, 0.717) is 22.3 Å². The molecule has 3 rings (SSSR count). The Bertz CT molecular complexity index is 1010. The quantitative estimate of drug-likeness (QED) is 0.628. The van der Waals surface area contributed by atoms with Crippen LogP contribution in [0.3, 0.4) is 0 Å². The third-order valence-electron chi connectivity index (χ3n) is 4.07. The Labute approximate surface area is 144 Å². The molecule has 0 saturated carbocycles. The van der Waals surface area contributed by atoms with E-state index in [0.717, 1.165) is 11.1 Å². The Morgan fingerprint density at radius 1 is 0.960 bits per heavy atom. The van der Waals surface area contributed by atoms with Crippen LogP contribution >= 0.6 is 0 Å². The van der Waals surface area contributed by atoms with Crippen molar-refractivity contribution >= 4 is 34.1 Å². The van der Waals surface area contributed by atoms with Gasteiger partial charge in [-0.2, -0.15) is 0 Å². The Morgan fingerprint density at radius 2 is 1.72 bits per heavy atom. The minimum absolute atomic E-state index is 0.0718. The molecule has 1 aromatic heterocycles. The standard InChI is InChI=1S/C19H19N3O3/c1-11-8-9-13(10-12(11)2)21-19(24)22-17-16(20-3)14-6-4-5-7-15(14)25-18(17)23/h4-10,20H,1-3H3,(H2,21,22,24). The number of urea groups is 1. The van der Waals surface area contributed by atoms with Crippen LogP contribution in [0, 0.1) is 13.8 Å². The molecule has 0 fully saturated rings. The van der Waals surface area contributed by atoms with E-state index < -0.39 is 11.7 Å². The van der Waals surface area contributed by atoms with Gasteiger partial charge in [0.15, 0.2) is 5.69 Å². The second kappa shape index (κ2) is 6.68. The number of para-hydroxylation sites is 1. The van der Waals surface area contributed by atoms with Gasteiger partial charge in [-0.1, -0.05) is 18.2 Å². The fraction of sp³-hybridized carbons (Fsp3) is 0.158. The van der Waals surface area contributed by atoms with E-state index in [1.165, 1.54) is 0 Å². The van der Waals surface area contributed by atoms with Gasteiger partial charge in [-0.05, 0) is 49.2 Å². The van der Waals surface area contributed by atoms with Gasteiger partial charge in [0, 0.05) is 18.1 Å². The van der Waals surface area contributed by atoms with Crippen LogP contribution in [0.2, 0.25) is 0 Å². The predicted octanol–water partition coefficient (Wildman–Crippen LogP) is 4.10. The first kappa shape index (κ1) is 16.6. The molecular formula is C19H19N3O3. The summed E-state index contributed by atoms with van der Waals surface area (Å²) in [4.78, 5) is 24.6. The third kappa shape index (κ3) is 3.33. The number of nitrogens with one attached hydrogen (secondary N) is 3. The van der Waals surface area contributed by atoms with E-state index in [2.05, 4.69) is 16.0 Å². The van der Waals surface area contributed by atoms with Gasteiger partial charge in [0.1, 0.15) is 5.58 Å². The summed E-state index contributed by atoms with van der Waals surface area (Å²) in [6, 6.07) is 12.2. The highest BCUT2D eigenvalue weighted by atomic mass is 16.4. The maximum absolute atomic E-state index is 12.3. The molecule has 0 bridgehead atoms. The van der Waals surface area contributed by atoms with Crippen molar-refractivity contribution in [3.05, 3.63) is 64.0 Å². The number of rotatable bonds is 3. The highest BCUT2D eigenvalue weighted by Gasteiger charge is 2.16. The van der Waals surface area contributed by atoms with Crippen molar-refractivity contribution in [2.45, 2.75) is 13.8 Å². The SMILES string of the molecule is CNc1c(NC(=O)Nc2ccc(C)c(C)c2)c(=O)oc2ccccc12. The molecule has 0 saturated heterocycles. The molecular weight excluding hydrogens is 318 g/mol. The van der Waals surface area contributed by atoms with Gasteiger partial charge in [0.2, 0.25) is 0 Å². The van der Waals surface area contributed by atoms with E-state index >= 15 is 0 Å². The lowest BCUT2D eigenvalue weighted by atomic mass is 10.1. The molecule has 0 aliphatic rings. The highest BCUT2D eigenvalue weighted by molar-refractivity contribution is 6.05. The molecule has 0 spiro atoms. The fourth-order valence-corrected chi connectivity index (χ4v) is 2.62. The Morgan fingerprint density at radius 3 is 2.44 bits per heavy atom. The highest BCUT2D eigenvalue weighted by Crippen LogP contribution is 2.28. The van der Waals surface area contributed by atoms with Crippen molar-refractivity contribution in [3.63, 3.8) is 0 Å². The van der Waals surface area contributed by atoms with Gasteiger partial charge in [-0.25, -0.2) is 9.59 Å². The summed E-state index contributed by atoms with van der Waals surface area (Å²) in [5.41, 5.74) is 3.29. The van der Waals surface area contributed by atoms with Crippen LogP contribution in [0.1, 0.15) is 11.1 Å². The molecule has 0 unspecified atom stereocenters. The average molecular weight is 337 g/mol. The second-order valence-corrected chi connectivity index (χ2v) is 5.76. The zero-order valence-corrected chi connectivity index (χ0v) is 14.3. The number of anilines is 3. The number of carbonyl (C=O) groups is 1. The van der Waals surface area contributed by atoms with Crippen LogP contribution in [-0.2, 0) is 0 Å². The number of fused-ring (bicyclic) bond motifs is 1. The Balaban J connectivity index is 1.91. The van der Waals surface area contributed by atoms with Gasteiger partial charge in [0.25, 0.3) is 0 Å². The van der Waals surface area contributed by atoms with E-state index in [1.807, 2.05) is 44.2 Å². The molecule has 2 amide bonds. The predicted molar refractivity (Wildman–Crippen MR) is 101 cm³/mol. The Kier molecular flexibility index (Phi) is 4.43. The summed E-state index contributed by atoms with van der Waals surface area (Å²) in [7, 11) is 1.69. The lowest BCUT2D eigenvalue weighted by Crippen LogP contribution is -2.24. The topological polar surface area (TPSA) is 83.4 Å². The van der Waals surface area contributed by atoms with Gasteiger partial charge in [0.05, 0.1) is 5.69 Å². The molecule has 0 aliphatic heterocycles. The van der Waals surface area contributed by atoms with Crippen LogP contribution in [-0.4, -0.2) is 13.1 Å². The molecule has 0 atom stereocenters. The third-order valence-corrected chi connectivity index (χ3v) is 4.07. The minimum atomic E-state index is -0.613. The van der Waals surface area contributed by atoms with Crippen LogP contribution < -0.4 is 21.6 Å². The molecule has 3 aromatic rings. The molecule has 2 aromatic carbocycles. The number of hydrogen-bond donors (Lipinski definition) is 3. The maximum Gasteiger partial charge on any atom is 0.362 e.